The largest absolute Gasteiger partial charge is 0.320 e. The van der Waals surface area contributed by atoms with Gasteiger partial charge in [0, 0.05) is 0 Å². The zero-order valence-corrected chi connectivity index (χ0v) is 12.6. The fraction of sp³-hybridized carbons (Fsp3) is 0.200. The maximum absolute atomic E-state index is 6.43. The molecule has 1 heteroatoms. The molecule has 0 bridgehead atoms. The molecule has 1 unspecified atom stereocenters. The number of hydrogen-bond donors (Lipinski definition) is 1. The molecule has 0 spiro atoms. The van der Waals surface area contributed by atoms with E-state index in [4.69, 9.17) is 5.73 Å². The van der Waals surface area contributed by atoms with Gasteiger partial charge in [-0.05, 0) is 39.4 Å². The average molecular weight is 275 g/mol. The first-order chi connectivity index (χ1) is 10.1. The van der Waals surface area contributed by atoms with Crippen molar-refractivity contribution in [3.8, 4) is 0 Å². The summed E-state index contributed by atoms with van der Waals surface area (Å²) < 4.78 is 0. The van der Waals surface area contributed by atoms with Crippen LogP contribution in [0.5, 0.6) is 0 Å². The third-order valence-electron chi connectivity index (χ3n) is 4.09. The Labute approximate surface area is 126 Å². The molecule has 0 aliphatic heterocycles. The molecule has 0 saturated carbocycles. The van der Waals surface area contributed by atoms with Gasteiger partial charge < -0.3 is 5.73 Å². The number of rotatable bonds is 3. The Morgan fingerprint density at radius 2 is 1.24 bits per heavy atom. The van der Waals surface area contributed by atoms with Crippen LogP contribution in [0.4, 0.5) is 0 Å². The van der Waals surface area contributed by atoms with Crippen LogP contribution in [0, 0.1) is 0 Å². The lowest BCUT2D eigenvalue weighted by atomic mass is 9.94. The molecule has 0 heterocycles. The molecular weight excluding hydrogens is 254 g/mol. The highest BCUT2D eigenvalue weighted by atomic mass is 14.6. The van der Waals surface area contributed by atoms with Gasteiger partial charge in [-0.3, -0.25) is 0 Å². The Balaban J connectivity index is 1.93. The number of hydrogen-bond acceptors (Lipinski definition) is 1. The fourth-order valence-corrected chi connectivity index (χ4v) is 2.68. The molecular formula is C20H21N. The average Bonchev–Trinajstić information content (AvgIpc) is 2.54. The summed E-state index contributed by atoms with van der Waals surface area (Å²) in [6, 6.07) is 23.4. The Morgan fingerprint density at radius 1 is 0.667 bits per heavy atom. The maximum atomic E-state index is 6.43. The van der Waals surface area contributed by atoms with Crippen LogP contribution in [-0.2, 0) is 0 Å². The van der Waals surface area contributed by atoms with E-state index in [1.807, 2.05) is 0 Å². The van der Waals surface area contributed by atoms with Crippen LogP contribution in [-0.4, -0.2) is 0 Å². The minimum absolute atomic E-state index is 0.0733. The highest BCUT2D eigenvalue weighted by Crippen LogP contribution is 2.25. The lowest BCUT2D eigenvalue weighted by Gasteiger charge is -2.15. The van der Waals surface area contributed by atoms with Crippen molar-refractivity contribution in [2.45, 2.75) is 25.8 Å². The number of benzene rings is 3. The van der Waals surface area contributed by atoms with Crippen LogP contribution in [0.15, 0.2) is 66.7 Å². The van der Waals surface area contributed by atoms with Crippen LogP contribution in [0.2, 0.25) is 0 Å². The molecule has 0 fully saturated rings. The van der Waals surface area contributed by atoms with E-state index in [-0.39, 0.29) is 6.04 Å². The Bertz CT molecular complexity index is 741. The van der Waals surface area contributed by atoms with Crippen LogP contribution < -0.4 is 5.73 Å². The molecule has 2 N–H and O–H groups in total. The highest BCUT2D eigenvalue weighted by Gasteiger charge is 2.10. The van der Waals surface area contributed by atoms with Gasteiger partial charge in [-0.2, -0.15) is 0 Å². The van der Waals surface area contributed by atoms with E-state index in [1.54, 1.807) is 0 Å². The molecule has 0 radical (unpaired) electrons. The van der Waals surface area contributed by atoms with Gasteiger partial charge in [0.15, 0.2) is 0 Å². The second kappa shape index (κ2) is 5.71. The first-order valence-corrected chi connectivity index (χ1v) is 7.49. The third kappa shape index (κ3) is 2.84. The Morgan fingerprint density at radius 3 is 1.90 bits per heavy atom. The molecule has 106 valence electrons. The lowest BCUT2D eigenvalue weighted by molar-refractivity contribution is 0.848. The van der Waals surface area contributed by atoms with Gasteiger partial charge >= 0.3 is 0 Å². The summed E-state index contributed by atoms with van der Waals surface area (Å²) in [6.45, 7) is 4.41. The van der Waals surface area contributed by atoms with Crippen molar-refractivity contribution >= 4 is 10.8 Å². The van der Waals surface area contributed by atoms with E-state index in [9.17, 15) is 0 Å². The monoisotopic (exact) mass is 275 g/mol. The lowest BCUT2D eigenvalue weighted by Crippen LogP contribution is -2.11. The zero-order valence-electron chi connectivity index (χ0n) is 12.6. The SMILES string of the molecule is CC(C)c1ccc(C(N)c2ccc3ccccc3c2)cc1. The molecule has 0 saturated heterocycles. The summed E-state index contributed by atoms with van der Waals surface area (Å²) in [7, 11) is 0. The minimum Gasteiger partial charge on any atom is -0.320 e. The number of nitrogens with two attached hydrogens (primary N) is 1. The topological polar surface area (TPSA) is 26.0 Å². The van der Waals surface area contributed by atoms with E-state index < -0.39 is 0 Å². The van der Waals surface area contributed by atoms with Crippen molar-refractivity contribution in [1.82, 2.24) is 0 Å². The molecule has 21 heavy (non-hydrogen) atoms. The second-order valence-electron chi connectivity index (χ2n) is 5.91. The van der Waals surface area contributed by atoms with E-state index in [2.05, 4.69) is 80.6 Å². The summed E-state index contributed by atoms with van der Waals surface area (Å²) in [5, 5.41) is 2.49. The molecule has 3 rings (SSSR count). The zero-order chi connectivity index (χ0) is 14.8. The molecule has 3 aromatic carbocycles. The van der Waals surface area contributed by atoms with E-state index in [0.29, 0.717) is 5.92 Å². The van der Waals surface area contributed by atoms with Gasteiger partial charge in [-0.25, -0.2) is 0 Å². The van der Waals surface area contributed by atoms with Crippen molar-refractivity contribution in [2.75, 3.05) is 0 Å². The second-order valence-corrected chi connectivity index (χ2v) is 5.91. The van der Waals surface area contributed by atoms with E-state index in [1.165, 1.54) is 16.3 Å². The molecule has 1 nitrogen and oxygen atoms in total. The Kier molecular flexibility index (Phi) is 3.76. The van der Waals surface area contributed by atoms with Crippen molar-refractivity contribution < 1.29 is 0 Å². The normalized spacial score (nSPS) is 12.8. The highest BCUT2D eigenvalue weighted by molar-refractivity contribution is 5.83. The summed E-state index contributed by atoms with van der Waals surface area (Å²) in [6.07, 6.45) is 0. The van der Waals surface area contributed by atoms with E-state index >= 15 is 0 Å². The summed E-state index contributed by atoms with van der Waals surface area (Å²) in [5.74, 6) is 0.552. The van der Waals surface area contributed by atoms with Crippen LogP contribution in [0.1, 0.15) is 42.5 Å². The van der Waals surface area contributed by atoms with Gasteiger partial charge in [0.05, 0.1) is 6.04 Å². The quantitative estimate of drug-likeness (QED) is 0.714. The summed E-state index contributed by atoms with van der Waals surface area (Å²) in [4.78, 5) is 0. The van der Waals surface area contributed by atoms with E-state index in [0.717, 1.165) is 11.1 Å². The first-order valence-electron chi connectivity index (χ1n) is 7.49. The Hall–Kier alpha value is -2.12. The first kappa shape index (κ1) is 13.8. The van der Waals surface area contributed by atoms with Crippen molar-refractivity contribution in [1.29, 1.82) is 0 Å². The van der Waals surface area contributed by atoms with Crippen molar-refractivity contribution in [3.05, 3.63) is 83.4 Å². The molecule has 3 aromatic rings. The molecule has 0 aliphatic carbocycles. The molecule has 0 aromatic heterocycles. The van der Waals surface area contributed by atoms with Crippen LogP contribution in [0.25, 0.3) is 10.8 Å². The molecule has 0 amide bonds. The fourth-order valence-electron chi connectivity index (χ4n) is 2.68. The van der Waals surface area contributed by atoms with Crippen LogP contribution >= 0.6 is 0 Å². The third-order valence-corrected chi connectivity index (χ3v) is 4.09. The van der Waals surface area contributed by atoms with Gasteiger partial charge in [-0.15, -0.1) is 0 Å². The predicted molar refractivity (Wildman–Crippen MR) is 90.5 cm³/mol. The van der Waals surface area contributed by atoms with Crippen LogP contribution in [0.3, 0.4) is 0 Å². The van der Waals surface area contributed by atoms with Gasteiger partial charge in [0.25, 0.3) is 0 Å². The van der Waals surface area contributed by atoms with Gasteiger partial charge in [0.1, 0.15) is 0 Å². The number of fused-ring (bicyclic) bond motifs is 1. The molecule has 0 aliphatic rings. The van der Waals surface area contributed by atoms with Gasteiger partial charge in [-0.1, -0.05) is 74.5 Å². The molecule has 1 atom stereocenters. The summed E-state index contributed by atoms with van der Waals surface area (Å²) in [5.41, 5.74) is 10.1. The predicted octanol–water partition coefficient (Wildman–Crippen LogP) is 5.01. The maximum Gasteiger partial charge on any atom is 0.0551 e. The van der Waals surface area contributed by atoms with Crippen molar-refractivity contribution in [2.24, 2.45) is 5.73 Å². The minimum atomic E-state index is -0.0733. The standard InChI is InChI=1S/C20H21N/c1-14(2)15-7-10-17(11-8-15)20(21)19-12-9-16-5-3-4-6-18(16)13-19/h3-14,20H,21H2,1-2H3. The van der Waals surface area contributed by atoms with Gasteiger partial charge in [0.2, 0.25) is 0 Å². The summed E-state index contributed by atoms with van der Waals surface area (Å²) >= 11 is 0. The smallest absolute Gasteiger partial charge is 0.0551 e. The van der Waals surface area contributed by atoms with Crippen molar-refractivity contribution in [3.63, 3.8) is 0 Å².